The highest BCUT2D eigenvalue weighted by Gasteiger charge is 2.41. The summed E-state index contributed by atoms with van der Waals surface area (Å²) in [6, 6.07) is 1.48. The number of phenols is 1. The maximum absolute atomic E-state index is 14.8. The van der Waals surface area contributed by atoms with E-state index in [1.165, 1.54) is 24.3 Å². The molecule has 0 spiro atoms. The van der Waals surface area contributed by atoms with E-state index in [0.717, 1.165) is 26.5 Å². The van der Waals surface area contributed by atoms with Gasteiger partial charge in [-0.25, -0.2) is 0 Å². The number of phenolic OH excluding ortho intramolecular Hbond substituents is 1. The van der Waals surface area contributed by atoms with Crippen LogP contribution in [-0.2, 0) is 80.0 Å². The lowest BCUT2D eigenvalue weighted by Gasteiger charge is -2.31. The minimum absolute atomic E-state index is 0.0517. The second-order valence-electron chi connectivity index (χ2n) is 19.7. The number of nitrogens with two attached hydrogens (primary N) is 5. The van der Waals surface area contributed by atoms with Gasteiger partial charge in [-0.2, -0.15) is 0 Å². The zero-order valence-corrected chi connectivity index (χ0v) is 48.0. The zero-order valence-electron chi connectivity index (χ0n) is 46.4. The Morgan fingerprint density at radius 1 is 0.624 bits per heavy atom. The molecule has 2 fully saturated rings. The first kappa shape index (κ1) is 68.9. The number of primary amides is 3. The van der Waals surface area contributed by atoms with E-state index in [9.17, 15) is 72.2 Å². The number of carbonyl (C=O) groups is 14. The Bertz CT molecular complexity index is 2730. The van der Waals surface area contributed by atoms with E-state index in [1.54, 1.807) is 30.3 Å². The summed E-state index contributed by atoms with van der Waals surface area (Å²) in [6.07, 6.45) is -1.13. The Kier molecular flexibility index (Phi) is 28.8. The van der Waals surface area contributed by atoms with E-state index in [0.29, 0.717) is 24.0 Å². The van der Waals surface area contributed by atoms with Gasteiger partial charge in [0, 0.05) is 37.3 Å². The minimum Gasteiger partial charge on any atom is -0.508 e. The van der Waals surface area contributed by atoms with Crippen LogP contribution in [-0.4, -0.2) is 192 Å². The Hall–Kier alpha value is -8.56. The van der Waals surface area contributed by atoms with E-state index in [4.69, 9.17) is 28.7 Å². The van der Waals surface area contributed by atoms with Crippen LogP contribution in [0.4, 0.5) is 0 Å². The molecular weight excluding hydrogens is 1150 g/mol. The molecule has 2 aromatic carbocycles. The molecular formula is C52H74N16O15S2. The summed E-state index contributed by atoms with van der Waals surface area (Å²) in [6.45, 7) is -2.01. The average Bonchev–Trinajstić information content (AvgIpc) is 4.23. The van der Waals surface area contributed by atoms with Crippen LogP contribution in [0.5, 0.6) is 5.75 Å². The molecule has 4 rings (SSSR count). The number of hydrogen-bond acceptors (Lipinski definition) is 19. The molecule has 0 saturated carbocycles. The number of unbranched alkanes of at least 4 members (excludes halogenated alkanes) is 1. The van der Waals surface area contributed by atoms with Crippen LogP contribution < -0.4 is 81.8 Å². The van der Waals surface area contributed by atoms with Crippen LogP contribution in [0.1, 0.15) is 62.5 Å². The molecule has 0 radical (unpaired) electrons. The van der Waals surface area contributed by atoms with Crippen molar-refractivity contribution in [1.29, 1.82) is 0 Å². The topological polar surface area (TPSA) is 513 Å². The molecule has 2 aliphatic rings. The van der Waals surface area contributed by atoms with Gasteiger partial charge in [0.15, 0.2) is 0 Å². The van der Waals surface area contributed by atoms with Crippen LogP contribution in [0, 0.1) is 0 Å². The monoisotopic (exact) mass is 1230 g/mol. The number of nitrogens with one attached hydrogen (secondary N) is 10. The van der Waals surface area contributed by atoms with E-state index in [-0.39, 0.29) is 56.7 Å². The molecule has 0 aromatic heterocycles. The molecule has 0 aliphatic carbocycles. The fourth-order valence-electron chi connectivity index (χ4n) is 8.62. The average molecular weight is 1230 g/mol. The fraction of sp³-hybridized carbons (Fsp3) is 0.500. The predicted molar refractivity (Wildman–Crippen MR) is 308 cm³/mol. The van der Waals surface area contributed by atoms with E-state index in [1.807, 2.05) is 0 Å². The number of carbonyl (C=O) groups excluding carboxylic acids is 14. The van der Waals surface area contributed by atoms with Gasteiger partial charge in [-0.3, -0.25) is 67.1 Å². The third-order valence-electron chi connectivity index (χ3n) is 13.0. The third-order valence-corrected chi connectivity index (χ3v) is 15.4. The highest BCUT2D eigenvalue weighted by atomic mass is 33.1. The van der Waals surface area contributed by atoms with Gasteiger partial charge >= 0.3 is 0 Å². The third kappa shape index (κ3) is 24.3. The molecule has 31 nitrogen and oxygen atoms in total. The zero-order chi connectivity index (χ0) is 62.6. The summed E-state index contributed by atoms with van der Waals surface area (Å²) in [5.41, 5.74) is 28.1. The maximum atomic E-state index is 14.8. The molecule has 8 atom stereocenters. The van der Waals surface area contributed by atoms with Crippen LogP contribution in [0.3, 0.4) is 0 Å². The van der Waals surface area contributed by atoms with E-state index >= 15 is 0 Å². The summed E-state index contributed by atoms with van der Waals surface area (Å²) in [4.78, 5) is 190. The molecule has 2 aliphatic heterocycles. The molecule has 464 valence electrons. The molecule has 2 heterocycles. The second kappa shape index (κ2) is 35.5. The Labute approximate surface area is 496 Å². The van der Waals surface area contributed by atoms with Gasteiger partial charge in [-0.1, -0.05) is 64.1 Å². The van der Waals surface area contributed by atoms with Gasteiger partial charge in [0.25, 0.3) is 0 Å². The highest BCUT2D eigenvalue weighted by Crippen LogP contribution is 2.26. The second-order valence-corrected chi connectivity index (χ2v) is 22.3. The predicted octanol–water partition coefficient (Wildman–Crippen LogP) is -6.98. The van der Waals surface area contributed by atoms with Crippen molar-refractivity contribution in [2.24, 2.45) is 28.7 Å². The fourth-order valence-corrected chi connectivity index (χ4v) is 10.9. The number of hydrogen-bond donors (Lipinski definition) is 16. The summed E-state index contributed by atoms with van der Waals surface area (Å²) in [7, 11) is 1.73. The molecule has 2 aromatic rings. The Morgan fingerprint density at radius 2 is 1.20 bits per heavy atom. The summed E-state index contributed by atoms with van der Waals surface area (Å²) in [5.74, 6) is -13.8. The number of benzene rings is 2. The standard InChI is InChI=1S/C52H74N16O15S2/c53-17-5-4-9-31(45(76)60-23-41(57)72)63-51(82)38-10-6-18-68(38)52(83)37-27-85-84-26-36(61-44(75)25-59-43(74)24-58-42(73)22-54)50(81)65-34(20-29-11-13-30(69)14-12-29)48(79)64-33(19-28-7-2-1-3-8-28)47(78)62-32(15-16-39(55)70)46(77)66-35(21-40(56)71)49(80)67-37/h1-3,7-8,11-14,31-38,69H,4-6,9-10,15-27,53-54H2,(H2,55,70)(H2,56,71)(H2,57,72)(H,58,73)(H,59,74)(H,60,76)(H,61,75)(H,62,78)(H,63,82)(H,64,79)(H,65,81)(H,66,77)(H,67,80)/t31-,32-,33?,34?,35?,36-,37-,38-/m0/s1. The summed E-state index contributed by atoms with van der Waals surface area (Å²) < 4.78 is 0. The van der Waals surface area contributed by atoms with Gasteiger partial charge in [-0.15, -0.1) is 0 Å². The van der Waals surface area contributed by atoms with Crippen molar-refractivity contribution >= 4 is 104 Å². The normalized spacial score (nSPS) is 21.2. The van der Waals surface area contributed by atoms with Gasteiger partial charge in [0.1, 0.15) is 54.1 Å². The number of amides is 14. The van der Waals surface area contributed by atoms with Gasteiger partial charge in [0.2, 0.25) is 82.7 Å². The molecule has 3 unspecified atom stereocenters. The van der Waals surface area contributed by atoms with Crippen molar-refractivity contribution in [2.75, 3.05) is 50.8 Å². The Balaban J connectivity index is 1.81. The van der Waals surface area contributed by atoms with Crippen molar-refractivity contribution in [3.8, 4) is 5.75 Å². The summed E-state index contributed by atoms with van der Waals surface area (Å²) >= 11 is 0. The number of rotatable bonds is 25. The SMILES string of the molecule is NCCCC[C@H](NC(=O)[C@@H]1CCCN1C(=O)[C@@H]1CSSC[C@H](NC(=O)CNC(=O)CNC(=O)CN)C(=O)NC(Cc2ccc(O)cc2)C(=O)NC(Cc2ccccc2)C(=O)N[C@@H](CCC(N)=O)C(=O)NC(CC(N)=O)C(=O)N1)C(=O)NCC(N)=O. The van der Waals surface area contributed by atoms with Crippen molar-refractivity contribution in [3.05, 3.63) is 65.7 Å². The van der Waals surface area contributed by atoms with Crippen molar-refractivity contribution < 1.29 is 72.2 Å². The maximum Gasteiger partial charge on any atom is 0.246 e. The molecule has 33 heteroatoms. The van der Waals surface area contributed by atoms with Crippen LogP contribution >= 0.6 is 21.6 Å². The van der Waals surface area contributed by atoms with Crippen LogP contribution in [0.2, 0.25) is 0 Å². The molecule has 2 saturated heterocycles. The first-order valence-corrected chi connectivity index (χ1v) is 29.5. The quantitative estimate of drug-likeness (QED) is 0.0324. The van der Waals surface area contributed by atoms with E-state index < -0.39 is 182 Å². The Morgan fingerprint density at radius 3 is 1.82 bits per heavy atom. The van der Waals surface area contributed by atoms with Crippen LogP contribution in [0.15, 0.2) is 54.6 Å². The van der Waals surface area contributed by atoms with Gasteiger partial charge < -0.3 is 91.8 Å². The van der Waals surface area contributed by atoms with Crippen molar-refractivity contribution in [1.82, 2.24) is 58.1 Å². The molecule has 0 bridgehead atoms. The number of likely N-dealkylation sites (tertiary alicyclic amines) is 1. The number of aromatic hydroxyl groups is 1. The molecule has 21 N–H and O–H groups in total. The molecule has 14 amide bonds. The first-order chi connectivity index (χ1) is 40.5. The first-order valence-electron chi connectivity index (χ1n) is 27.0. The smallest absolute Gasteiger partial charge is 0.246 e. The minimum atomic E-state index is -1.87. The van der Waals surface area contributed by atoms with E-state index in [2.05, 4.69) is 53.2 Å². The van der Waals surface area contributed by atoms with Crippen molar-refractivity contribution in [2.45, 2.75) is 113 Å². The van der Waals surface area contributed by atoms with Crippen LogP contribution in [0.25, 0.3) is 0 Å². The van der Waals surface area contributed by atoms with Gasteiger partial charge in [0.05, 0.1) is 32.6 Å². The largest absolute Gasteiger partial charge is 0.508 e. The summed E-state index contributed by atoms with van der Waals surface area (Å²) in [5, 5.41) is 34.8. The number of nitrogens with zero attached hydrogens (tertiary/aromatic N) is 1. The van der Waals surface area contributed by atoms with Crippen molar-refractivity contribution in [3.63, 3.8) is 0 Å². The highest BCUT2D eigenvalue weighted by molar-refractivity contribution is 8.76. The molecule has 85 heavy (non-hydrogen) atoms. The van der Waals surface area contributed by atoms with Gasteiger partial charge in [-0.05, 0) is 68.3 Å². The lowest BCUT2D eigenvalue weighted by Crippen LogP contribution is -2.61. The lowest BCUT2D eigenvalue weighted by molar-refractivity contribution is -0.142. The lowest BCUT2D eigenvalue weighted by atomic mass is 10.0.